The SMILES string of the molecule is CC[Si](CC)(CC)O[C@@H](CC=O)[C@H](C)CO[Si](c1ccccc1)(c1ccccc1)C(C)(C)C. The van der Waals surface area contributed by atoms with Crippen molar-refractivity contribution in [3.8, 4) is 0 Å². The van der Waals surface area contributed by atoms with Gasteiger partial charge in [-0.05, 0) is 33.5 Å². The van der Waals surface area contributed by atoms with E-state index < -0.39 is 16.6 Å². The average Bonchev–Trinajstić information content (AvgIpc) is 2.83. The first-order valence-electron chi connectivity index (χ1n) is 12.6. The first kappa shape index (κ1) is 27.7. The molecule has 3 nitrogen and oxygen atoms in total. The van der Waals surface area contributed by atoms with Crippen molar-refractivity contribution in [2.75, 3.05) is 6.61 Å². The number of carbonyl (C=O) groups excluding carboxylic acids is 1. The van der Waals surface area contributed by atoms with Crippen LogP contribution in [-0.4, -0.2) is 35.6 Å². The molecule has 0 aromatic heterocycles. The third-order valence-corrected chi connectivity index (χ3v) is 17.0. The summed E-state index contributed by atoms with van der Waals surface area (Å²) in [5.74, 6) is 0.133. The minimum Gasteiger partial charge on any atom is -0.413 e. The highest BCUT2D eigenvalue weighted by Gasteiger charge is 2.50. The molecule has 0 aliphatic heterocycles. The van der Waals surface area contributed by atoms with Crippen LogP contribution in [-0.2, 0) is 13.6 Å². The Morgan fingerprint density at radius 2 is 1.30 bits per heavy atom. The summed E-state index contributed by atoms with van der Waals surface area (Å²) >= 11 is 0. The van der Waals surface area contributed by atoms with Crippen LogP contribution in [0.25, 0.3) is 0 Å². The normalized spacial score (nSPS) is 14.6. The molecule has 5 heteroatoms. The van der Waals surface area contributed by atoms with E-state index in [1.807, 2.05) is 0 Å². The molecule has 2 aromatic carbocycles. The monoisotopic (exact) mass is 484 g/mol. The van der Waals surface area contributed by atoms with Gasteiger partial charge in [-0.15, -0.1) is 0 Å². The predicted molar refractivity (Wildman–Crippen MR) is 145 cm³/mol. The lowest BCUT2D eigenvalue weighted by Gasteiger charge is -2.44. The second-order valence-corrected chi connectivity index (χ2v) is 19.3. The maximum Gasteiger partial charge on any atom is 0.261 e. The van der Waals surface area contributed by atoms with Crippen LogP contribution < -0.4 is 10.4 Å². The van der Waals surface area contributed by atoms with E-state index in [1.54, 1.807) is 0 Å². The minimum absolute atomic E-state index is 0.0643. The van der Waals surface area contributed by atoms with Crippen molar-refractivity contribution >= 4 is 33.3 Å². The van der Waals surface area contributed by atoms with Gasteiger partial charge in [-0.25, -0.2) is 0 Å². The van der Waals surface area contributed by atoms with Crippen molar-refractivity contribution in [3.05, 3.63) is 60.7 Å². The predicted octanol–water partition coefficient (Wildman–Crippen LogP) is 6.18. The number of hydrogen-bond donors (Lipinski definition) is 0. The maximum absolute atomic E-state index is 11.6. The molecule has 0 N–H and O–H groups in total. The van der Waals surface area contributed by atoms with Crippen LogP contribution in [0.3, 0.4) is 0 Å². The standard InChI is InChI=1S/C28H44O3Si2/c1-8-32(9-2,10-3)31-27(21-22-29)24(4)23-30-33(28(5,6)7,25-17-13-11-14-18-25)26-19-15-12-16-20-26/h11-20,22,24,27H,8-10,21,23H2,1-7H3/t24-,27+/m1/s1. The summed E-state index contributed by atoms with van der Waals surface area (Å²) in [4.78, 5) is 11.6. The lowest BCUT2D eigenvalue weighted by Crippen LogP contribution is -2.67. The Labute approximate surface area is 204 Å². The summed E-state index contributed by atoms with van der Waals surface area (Å²) in [6.07, 6.45) is 1.36. The van der Waals surface area contributed by atoms with E-state index in [1.165, 1.54) is 10.4 Å². The largest absolute Gasteiger partial charge is 0.413 e. The Morgan fingerprint density at radius 3 is 1.67 bits per heavy atom. The zero-order valence-corrected chi connectivity index (χ0v) is 23.8. The van der Waals surface area contributed by atoms with Crippen LogP contribution in [0.15, 0.2) is 60.7 Å². The van der Waals surface area contributed by atoms with E-state index in [0.717, 1.165) is 24.4 Å². The second kappa shape index (κ2) is 12.2. The van der Waals surface area contributed by atoms with Gasteiger partial charge in [-0.2, -0.15) is 0 Å². The van der Waals surface area contributed by atoms with E-state index in [0.29, 0.717) is 13.0 Å². The summed E-state index contributed by atoms with van der Waals surface area (Å²) < 4.78 is 13.9. The first-order valence-corrected chi connectivity index (χ1v) is 17.0. The summed E-state index contributed by atoms with van der Waals surface area (Å²) in [7, 11) is -4.42. The molecule has 33 heavy (non-hydrogen) atoms. The fourth-order valence-electron chi connectivity index (χ4n) is 4.94. The molecule has 2 rings (SSSR count). The van der Waals surface area contributed by atoms with Crippen LogP contribution >= 0.6 is 0 Å². The van der Waals surface area contributed by atoms with Crippen molar-refractivity contribution in [1.82, 2.24) is 0 Å². The number of aldehydes is 1. The zero-order valence-electron chi connectivity index (χ0n) is 21.8. The van der Waals surface area contributed by atoms with Crippen LogP contribution in [0.5, 0.6) is 0 Å². The Kier molecular flexibility index (Phi) is 10.3. The molecule has 182 valence electrons. The first-order chi connectivity index (χ1) is 15.7. The Bertz CT molecular complexity index is 781. The molecule has 2 aromatic rings. The smallest absolute Gasteiger partial charge is 0.261 e. The lowest BCUT2D eigenvalue weighted by molar-refractivity contribution is -0.110. The van der Waals surface area contributed by atoms with E-state index in [2.05, 4.69) is 109 Å². The van der Waals surface area contributed by atoms with Crippen molar-refractivity contribution in [1.29, 1.82) is 0 Å². The van der Waals surface area contributed by atoms with Crippen molar-refractivity contribution in [3.63, 3.8) is 0 Å². The van der Waals surface area contributed by atoms with Gasteiger partial charge in [-0.1, -0.05) is 109 Å². The van der Waals surface area contributed by atoms with Gasteiger partial charge in [0.1, 0.15) is 6.29 Å². The number of benzene rings is 2. The fraction of sp³-hybridized carbons (Fsp3) is 0.536. The average molecular weight is 485 g/mol. The van der Waals surface area contributed by atoms with Crippen molar-refractivity contribution < 1.29 is 13.6 Å². The van der Waals surface area contributed by atoms with Gasteiger partial charge in [0.2, 0.25) is 0 Å². The molecule has 2 atom stereocenters. The third kappa shape index (κ3) is 6.33. The fourth-order valence-corrected chi connectivity index (χ4v) is 12.6. The van der Waals surface area contributed by atoms with Crippen molar-refractivity contribution in [2.45, 2.75) is 84.2 Å². The quantitative estimate of drug-likeness (QED) is 0.252. The molecule has 0 bridgehead atoms. The van der Waals surface area contributed by atoms with Gasteiger partial charge in [0.15, 0.2) is 8.32 Å². The molecule has 0 saturated carbocycles. The van der Waals surface area contributed by atoms with E-state index in [4.69, 9.17) is 8.85 Å². The summed E-state index contributed by atoms with van der Waals surface area (Å²) in [5, 5.41) is 2.50. The Hall–Kier alpha value is -1.54. The third-order valence-electron chi connectivity index (χ3n) is 7.28. The summed E-state index contributed by atoms with van der Waals surface area (Å²) in [5.41, 5.74) is 0. The van der Waals surface area contributed by atoms with Crippen LogP contribution in [0.1, 0.15) is 54.9 Å². The molecule has 0 fully saturated rings. The Balaban J connectivity index is 2.43. The molecule has 0 unspecified atom stereocenters. The van der Waals surface area contributed by atoms with Crippen LogP contribution in [0.4, 0.5) is 0 Å². The second-order valence-electron chi connectivity index (χ2n) is 10.3. The van der Waals surface area contributed by atoms with Crippen LogP contribution in [0.2, 0.25) is 23.2 Å². The molecule has 0 amide bonds. The molecular weight excluding hydrogens is 440 g/mol. The van der Waals surface area contributed by atoms with Gasteiger partial charge in [0, 0.05) is 18.9 Å². The van der Waals surface area contributed by atoms with Gasteiger partial charge >= 0.3 is 0 Å². The Morgan fingerprint density at radius 1 is 0.848 bits per heavy atom. The lowest BCUT2D eigenvalue weighted by atomic mass is 10.0. The molecule has 0 heterocycles. The van der Waals surface area contributed by atoms with Gasteiger partial charge < -0.3 is 13.6 Å². The molecule has 0 spiro atoms. The van der Waals surface area contributed by atoms with Gasteiger partial charge in [0.25, 0.3) is 8.32 Å². The zero-order chi connectivity index (χ0) is 24.5. The highest BCUT2D eigenvalue weighted by Crippen LogP contribution is 2.37. The minimum atomic E-state index is -2.60. The van der Waals surface area contributed by atoms with Gasteiger partial charge in [-0.3, -0.25) is 0 Å². The van der Waals surface area contributed by atoms with E-state index >= 15 is 0 Å². The highest BCUT2D eigenvalue weighted by atomic mass is 28.4. The molecule has 0 saturated heterocycles. The maximum atomic E-state index is 11.6. The van der Waals surface area contributed by atoms with E-state index in [9.17, 15) is 4.79 Å². The summed E-state index contributed by atoms with van der Waals surface area (Å²) in [6, 6.07) is 24.7. The molecule has 0 radical (unpaired) electrons. The summed E-state index contributed by atoms with van der Waals surface area (Å²) in [6.45, 7) is 16.4. The number of carbonyl (C=O) groups is 1. The van der Waals surface area contributed by atoms with Crippen LogP contribution in [0, 0.1) is 5.92 Å². The molecule has 0 aliphatic rings. The number of rotatable bonds is 13. The van der Waals surface area contributed by atoms with E-state index in [-0.39, 0.29) is 17.1 Å². The van der Waals surface area contributed by atoms with Crippen molar-refractivity contribution in [2.24, 2.45) is 5.92 Å². The molecule has 0 aliphatic carbocycles. The van der Waals surface area contributed by atoms with Gasteiger partial charge in [0.05, 0.1) is 6.10 Å². The number of hydrogen-bond acceptors (Lipinski definition) is 3. The highest BCUT2D eigenvalue weighted by molar-refractivity contribution is 6.99. The topological polar surface area (TPSA) is 35.5 Å². The molecular formula is C28H44O3Si2.